The van der Waals surface area contributed by atoms with Crippen molar-refractivity contribution in [3.8, 4) is 0 Å². The van der Waals surface area contributed by atoms with Gasteiger partial charge in [0.05, 0.1) is 17.2 Å². The Balaban J connectivity index is 1.72. The summed E-state index contributed by atoms with van der Waals surface area (Å²) >= 11 is 0. The third kappa shape index (κ3) is 3.70. The van der Waals surface area contributed by atoms with Gasteiger partial charge in [-0.15, -0.1) is 0 Å². The van der Waals surface area contributed by atoms with Crippen LogP contribution in [0.5, 0.6) is 0 Å². The summed E-state index contributed by atoms with van der Waals surface area (Å²) in [6.07, 6.45) is 3.74. The molecule has 1 aromatic carbocycles. The number of hydrogen-bond donors (Lipinski definition) is 2. The maximum absolute atomic E-state index is 11.0. The third-order valence-electron chi connectivity index (χ3n) is 3.85. The van der Waals surface area contributed by atoms with Gasteiger partial charge >= 0.3 is 0 Å². The molecule has 7 nitrogen and oxygen atoms in total. The molecule has 118 valence electrons. The maximum atomic E-state index is 11.0. The van der Waals surface area contributed by atoms with E-state index in [4.69, 9.17) is 5.14 Å². The largest absolute Gasteiger partial charge is 0.355 e. The standard InChI is InChI=1S/C14H19N5O2S/c15-22(20,21)17-8-11-4-3-7-19(10-11)14-9-16-12-5-1-2-6-13(12)18-14/h1-2,5-6,9,11,17H,3-4,7-8,10H2,(H2,15,20,21). The van der Waals surface area contributed by atoms with E-state index in [1.807, 2.05) is 24.3 Å². The van der Waals surface area contributed by atoms with Crippen LogP contribution in [0.15, 0.2) is 30.5 Å². The molecule has 1 aromatic heterocycles. The second-order valence-electron chi connectivity index (χ2n) is 5.56. The number of nitrogens with one attached hydrogen (secondary N) is 1. The van der Waals surface area contributed by atoms with E-state index >= 15 is 0 Å². The molecule has 2 heterocycles. The van der Waals surface area contributed by atoms with E-state index in [1.54, 1.807) is 6.20 Å². The minimum Gasteiger partial charge on any atom is -0.355 e. The molecule has 22 heavy (non-hydrogen) atoms. The maximum Gasteiger partial charge on any atom is 0.274 e. The van der Waals surface area contributed by atoms with Crippen molar-refractivity contribution in [1.29, 1.82) is 0 Å². The lowest BCUT2D eigenvalue weighted by atomic mass is 9.98. The number of anilines is 1. The van der Waals surface area contributed by atoms with Crippen LogP contribution < -0.4 is 14.8 Å². The molecule has 1 saturated heterocycles. The SMILES string of the molecule is NS(=O)(=O)NCC1CCCN(c2cnc3ccccc3n2)C1. The van der Waals surface area contributed by atoms with Crippen LogP contribution in [0.25, 0.3) is 11.0 Å². The minimum atomic E-state index is -3.63. The molecule has 0 aliphatic carbocycles. The van der Waals surface area contributed by atoms with Crippen molar-refractivity contribution in [1.82, 2.24) is 14.7 Å². The van der Waals surface area contributed by atoms with Crippen molar-refractivity contribution in [2.45, 2.75) is 12.8 Å². The van der Waals surface area contributed by atoms with Crippen LogP contribution in [0.4, 0.5) is 5.82 Å². The lowest BCUT2D eigenvalue weighted by molar-refractivity contribution is 0.409. The molecule has 2 aromatic rings. The van der Waals surface area contributed by atoms with E-state index in [9.17, 15) is 8.42 Å². The molecule has 0 bridgehead atoms. The molecular formula is C14H19N5O2S. The Hall–Kier alpha value is -1.77. The van der Waals surface area contributed by atoms with Gasteiger partial charge in [0, 0.05) is 19.6 Å². The highest BCUT2D eigenvalue weighted by Gasteiger charge is 2.22. The summed E-state index contributed by atoms with van der Waals surface area (Å²) in [5.74, 6) is 1.05. The predicted molar refractivity (Wildman–Crippen MR) is 85.6 cm³/mol. The van der Waals surface area contributed by atoms with Gasteiger partial charge in [0.15, 0.2) is 0 Å². The van der Waals surface area contributed by atoms with Crippen molar-refractivity contribution in [2.24, 2.45) is 11.1 Å². The molecule has 0 spiro atoms. The highest BCUT2D eigenvalue weighted by atomic mass is 32.2. The number of fused-ring (bicyclic) bond motifs is 1. The van der Waals surface area contributed by atoms with Crippen LogP contribution in [0, 0.1) is 5.92 Å². The third-order valence-corrected chi connectivity index (χ3v) is 4.42. The lowest BCUT2D eigenvalue weighted by Crippen LogP contribution is -2.42. The van der Waals surface area contributed by atoms with Gasteiger partial charge in [0.1, 0.15) is 5.82 Å². The number of benzene rings is 1. The number of aromatic nitrogens is 2. The Morgan fingerprint density at radius 2 is 2.09 bits per heavy atom. The molecular weight excluding hydrogens is 302 g/mol. The fourth-order valence-electron chi connectivity index (χ4n) is 2.77. The van der Waals surface area contributed by atoms with Gasteiger partial charge < -0.3 is 4.90 Å². The monoisotopic (exact) mass is 321 g/mol. The first-order valence-electron chi connectivity index (χ1n) is 7.25. The highest BCUT2D eigenvalue weighted by Crippen LogP contribution is 2.22. The Labute approximate surface area is 129 Å². The normalized spacial score (nSPS) is 19.5. The van der Waals surface area contributed by atoms with Crippen molar-refractivity contribution < 1.29 is 8.42 Å². The fourth-order valence-corrected chi connectivity index (χ4v) is 3.24. The average molecular weight is 321 g/mol. The van der Waals surface area contributed by atoms with E-state index in [0.717, 1.165) is 42.8 Å². The molecule has 1 fully saturated rings. The fraction of sp³-hybridized carbons (Fsp3) is 0.429. The molecule has 1 unspecified atom stereocenters. The Kier molecular flexibility index (Phi) is 4.23. The summed E-state index contributed by atoms with van der Waals surface area (Å²) in [6, 6.07) is 7.75. The van der Waals surface area contributed by atoms with Gasteiger partial charge in [0.2, 0.25) is 0 Å². The first-order chi connectivity index (χ1) is 10.5. The quantitative estimate of drug-likeness (QED) is 0.860. The number of rotatable bonds is 4. The predicted octanol–water partition coefficient (Wildman–Crippen LogP) is 0.639. The van der Waals surface area contributed by atoms with Gasteiger partial charge in [0.25, 0.3) is 10.2 Å². The van der Waals surface area contributed by atoms with Crippen molar-refractivity contribution >= 4 is 27.1 Å². The first-order valence-corrected chi connectivity index (χ1v) is 8.80. The summed E-state index contributed by atoms with van der Waals surface area (Å²) in [5, 5.41) is 4.99. The van der Waals surface area contributed by atoms with Crippen LogP contribution in [-0.4, -0.2) is 38.0 Å². The number of piperidine rings is 1. The number of para-hydroxylation sites is 2. The Bertz CT molecular complexity index is 765. The molecule has 8 heteroatoms. The topological polar surface area (TPSA) is 101 Å². The van der Waals surface area contributed by atoms with Gasteiger partial charge in [-0.05, 0) is 30.9 Å². The highest BCUT2D eigenvalue weighted by molar-refractivity contribution is 7.87. The number of nitrogens with two attached hydrogens (primary N) is 1. The van der Waals surface area contributed by atoms with Gasteiger partial charge in [-0.2, -0.15) is 8.42 Å². The number of nitrogens with zero attached hydrogens (tertiary/aromatic N) is 3. The molecule has 0 radical (unpaired) electrons. The molecule has 3 rings (SSSR count). The molecule has 1 aliphatic heterocycles. The van der Waals surface area contributed by atoms with Gasteiger partial charge in [-0.3, -0.25) is 4.98 Å². The van der Waals surface area contributed by atoms with E-state index in [2.05, 4.69) is 19.6 Å². The van der Waals surface area contributed by atoms with Crippen molar-refractivity contribution in [3.63, 3.8) is 0 Å². The van der Waals surface area contributed by atoms with Crippen LogP contribution in [0.3, 0.4) is 0 Å². The first kappa shape index (κ1) is 15.1. The van der Waals surface area contributed by atoms with Crippen LogP contribution >= 0.6 is 0 Å². The summed E-state index contributed by atoms with van der Waals surface area (Å²) < 4.78 is 24.4. The summed E-state index contributed by atoms with van der Waals surface area (Å²) in [4.78, 5) is 11.2. The smallest absolute Gasteiger partial charge is 0.274 e. The zero-order valence-corrected chi connectivity index (χ0v) is 13.0. The second kappa shape index (κ2) is 6.15. The molecule has 3 N–H and O–H groups in total. The minimum absolute atomic E-state index is 0.223. The van der Waals surface area contributed by atoms with E-state index in [-0.39, 0.29) is 5.92 Å². The van der Waals surface area contributed by atoms with Crippen molar-refractivity contribution in [3.05, 3.63) is 30.5 Å². The van der Waals surface area contributed by atoms with E-state index < -0.39 is 10.2 Å². The summed E-state index contributed by atoms with van der Waals surface area (Å²) in [7, 11) is -3.63. The second-order valence-corrected chi connectivity index (χ2v) is 6.94. The Morgan fingerprint density at radius 1 is 1.32 bits per heavy atom. The average Bonchev–Trinajstić information content (AvgIpc) is 2.52. The van der Waals surface area contributed by atoms with E-state index in [1.165, 1.54) is 0 Å². The number of hydrogen-bond acceptors (Lipinski definition) is 5. The molecule has 0 amide bonds. The van der Waals surface area contributed by atoms with Crippen molar-refractivity contribution in [2.75, 3.05) is 24.5 Å². The zero-order chi connectivity index (χ0) is 15.6. The van der Waals surface area contributed by atoms with Crippen LogP contribution in [-0.2, 0) is 10.2 Å². The van der Waals surface area contributed by atoms with Gasteiger partial charge in [-0.25, -0.2) is 14.8 Å². The molecule has 1 aliphatic rings. The van der Waals surface area contributed by atoms with Crippen LogP contribution in [0.1, 0.15) is 12.8 Å². The van der Waals surface area contributed by atoms with Gasteiger partial charge in [-0.1, -0.05) is 12.1 Å². The summed E-state index contributed by atoms with van der Waals surface area (Å²) in [6.45, 7) is 2.00. The lowest BCUT2D eigenvalue weighted by Gasteiger charge is -2.33. The zero-order valence-electron chi connectivity index (χ0n) is 12.1. The van der Waals surface area contributed by atoms with E-state index in [0.29, 0.717) is 6.54 Å². The molecule has 0 saturated carbocycles. The Morgan fingerprint density at radius 3 is 2.86 bits per heavy atom. The summed E-state index contributed by atoms with van der Waals surface area (Å²) in [5.41, 5.74) is 1.74. The molecule has 1 atom stereocenters. The van der Waals surface area contributed by atoms with Crippen LogP contribution in [0.2, 0.25) is 0 Å².